The van der Waals surface area contributed by atoms with E-state index < -0.39 is 0 Å². The molecule has 3 aromatic carbocycles. The van der Waals surface area contributed by atoms with E-state index in [1.54, 1.807) is 0 Å². The number of hydrazone groups is 1. The smallest absolute Gasteiger partial charge is 0.0666 e. The molecule has 0 aromatic heterocycles. The molecule has 0 atom stereocenters. The predicted molar refractivity (Wildman–Crippen MR) is 97.8 cm³/mol. The van der Waals surface area contributed by atoms with Gasteiger partial charge in [0, 0.05) is 0 Å². The van der Waals surface area contributed by atoms with Crippen molar-refractivity contribution in [2.24, 2.45) is 5.10 Å². The fraction of sp³-hybridized carbons (Fsp3) is 0.0952. The van der Waals surface area contributed by atoms with Gasteiger partial charge in [-0.25, -0.2) is 0 Å². The number of nitrogens with zero attached hydrogens (tertiary/aromatic N) is 2. The Morgan fingerprint density at radius 2 is 1.39 bits per heavy atom. The minimum Gasteiger partial charge on any atom is -0.261 e. The van der Waals surface area contributed by atoms with Crippen molar-refractivity contribution in [1.82, 2.24) is 0 Å². The van der Waals surface area contributed by atoms with Crippen LogP contribution in [0.4, 0.5) is 5.69 Å². The predicted octanol–water partition coefficient (Wildman–Crippen LogP) is 5.04. The van der Waals surface area contributed by atoms with Gasteiger partial charge in [-0.15, -0.1) is 0 Å². The lowest BCUT2D eigenvalue weighted by Crippen LogP contribution is -2.16. The van der Waals surface area contributed by atoms with Crippen molar-refractivity contribution in [2.75, 3.05) is 5.01 Å². The third-order valence-electron chi connectivity index (χ3n) is 3.75. The zero-order valence-electron chi connectivity index (χ0n) is 13.3. The Labute approximate surface area is 137 Å². The quantitative estimate of drug-likeness (QED) is 0.476. The number of benzene rings is 3. The number of hydrogen-bond donors (Lipinski definition) is 0. The highest BCUT2D eigenvalue weighted by Gasteiger charge is 2.05. The molecule has 0 saturated heterocycles. The minimum absolute atomic E-state index is 0.743. The molecule has 0 radical (unpaired) electrons. The topological polar surface area (TPSA) is 15.6 Å². The molecule has 0 saturated carbocycles. The van der Waals surface area contributed by atoms with Gasteiger partial charge in [0.25, 0.3) is 0 Å². The lowest BCUT2D eigenvalue weighted by molar-refractivity contribution is 0.858. The molecule has 23 heavy (non-hydrogen) atoms. The molecule has 0 spiro atoms. The zero-order chi connectivity index (χ0) is 15.9. The molecule has 0 aliphatic rings. The highest BCUT2D eigenvalue weighted by atomic mass is 15.4. The Morgan fingerprint density at radius 3 is 2.09 bits per heavy atom. The van der Waals surface area contributed by atoms with E-state index in [4.69, 9.17) is 5.10 Å². The Bertz CT molecular complexity index is 764. The molecule has 0 aliphatic carbocycles. The van der Waals surface area contributed by atoms with Crippen LogP contribution in [-0.2, 0) is 6.54 Å². The van der Waals surface area contributed by atoms with Gasteiger partial charge >= 0.3 is 0 Å². The summed E-state index contributed by atoms with van der Waals surface area (Å²) in [5.41, 5.74) is 4.69. The van der Waals surface area contributed by atoms with Gasteiger partial charge in [-0.2, -0.15) is 5.10 Å². The van der Waals surface area contributed by atoms with E-state index in [-0.39, 0.29) is 0 Å². The van der Waals surface area contributed by atoms with Crippen molar-refractivity contribution in [1.29, 1.82) is 0 Å². The maximum absolute atomic E-state index is 4.73. The van der Waals surface area contributed by atoms with E-state index in [0.29, 0.717) is 0 Å². The highest BCUT2D eigenvalue weighted by molar-refractivity contribution is 5.82. The molecule has 0 amide bonds. The molecule has 3 rings (SSSR count). The van der Waals surface area contributed by atoms with Crippen LogP contribution in [-0.4, -0.2) is 6.21 Å². The number of rotatable bonds is 5. The average Bonchev–Trinajstić information content (AvgIpc) is 2.61. The monoisotopic (exact) mass is 300 g/mol. The summed E-state index contributed by atoms with van der Waals surface area (Å²) >= 11 is 0. The van der Waals surface area contributed by atoms with Crippen molar-refractivity contribution >= 4 is 11.9 Å². The summed E-state index contributed by atoms with van der Waals surface area (Å²) in [6.07, 6.45) is 1.94. The third-order valence-corrected chi connectivity index (χ3v) is 3.75. The largest absolute Gasteiger partial charge is 0.261 e. The van der Waals surface area contributed by atoms with Crippen LogP contribution in [0.1, 0.15) is 16.7 Å². The molecule has 0 N–H and O–H groups in total. The van der Waals surface area contributed by atoms with E-state index in [1.807, 2.05) is 47.6 Å². The van der Waals surface area contributed by atoms with Gasteiger partial charge in [-0.05, 0) is 35.7 Å². The Kier molecular flexibility index (Phi) is 4.85. The zero-order valence-corrected chi connectivity index (χ0v) is 13.3. The second-order valence-corrected chi connectivity index (χ2v) is 5.48. The first-order valence-corrected chi connectivity index (χ1v) is 7.79. The highest BCUT2D eigenvalue weighted by Crippen LogP contribution is 2.17. The molecule has 0 fully saturated rings. The molecule has 0 bridgehead atoms. The van der Waals surface area contributed by atoms with E-state index in [9.17, 15) is 0 Å². The fourth-order valence-electron chi connectivity index (χ4n) is 2.42. The molecule has 114 valence electrons. The first kappa shape index (κ1) is 15.0. The SMILES string of the molecule is Cc1ccccc1/C=N\N(Cc1ccccc1)c1ccccc1. The summed E-state index contributed by atoms with van der Waals surface area (Å²) in [5.74, 6) is 0. The molecule has 0 unspecified atom stereocenters. The molecule has 0 aliphatic heterocycles. The average molecular weight is 300 g/mol. The Balaban J connectivity index is 1.88. The van der Waals surface area contributed by atoms with Gasteiger partial charge in [-0.3, -0.25) is 5.01 Å². The fourth-order valence-corrected chi connectivity index (χ4v) is 2.42. The van der Waals surface area contributed by atoms with E-state index in [1.165, 1.54) is 11.1 Å². The molecule has 2 heteroatoms. The summed E-state index contributed by atoms with van der Waals surface area (Å²) in [7, 11) is 0. The minimum atomic E-state index is 0.743. The molecule has 0 heterocycles. The standard InChI is InChI=1S/C21H20N2/c1-18-10-8-9-13-20(18)16-22-23(21-14-6-3-7-15-21)17-19-11-4-2-5-12-19/h2-16H,17H2,1H3/b22-16-. The summed E-state index contributed by atoms with van der Waals surface area (Å²) in [5, 5.41) is 6.76. The van der Waals surface area contributed by atoms with Crippen molar-refractivity contribution in [3.8, 4) is 0 Å². The first-order valence-electron chi connectivity index (χ1n) is 7.79. The molecular weight excluding hydrogens is 280 g/mol. The van der Waals surface area contributed by atoms with Crippen LogP contribution >= 0.6 is 0 Å². The van der Waals surface area contributed by atoms with Crippen LogP contribution in [0.3, 0.4) is 0 Å². The van der Waals surface area contributed by atoms with Gasteiger partial charge in [0.1, 0.15) is 0 Å². The maximum Gasteiger partial charge on any atom is 0.0666 e. The lowest BCUT2D eigenvalue weighted by Gasteiger charge is -2.19. The number of para-hydroxylation sites is 1. The van der Waals surface area contributed by atoms with Gasteiger partial charge < -0.3 is 0 Å². The van der Waals surface area contributed by atoms with Crippen LogP contribution in [0, 0.1) is 6.92 Å². The molecule has 2 nitrogen and oxygen atoms in total. The van der Waals surface area contributed by atoms with Gasteiger partial charge in [-0.1, -0.05) is 72.8 Å². The summed E-state index contributed by atoms with van der Waals surface area (Å²) in [6.45, 7) is 2.85. The second-order valence-electron chi connectivity index (χ2n) is 5.48. The maximum atomic E-state index is 4.73. The summed E-state index contributed by atoms with van der Waals surface area (Å²) in [6, 6.07) is 28.9. The van der Waals surface area contributed by atoms with Crippen LogP contribution < -0.4 is 5.01 Å². The number of hydrogen-bond acceptors (Lipinski definition) is 2. The van der Waals surface area contributed by atoms with Crippen LogP contribution in [0.15, 0.2) is 90.0 Å². The van der Waals surface area contributed by atoms with E-state index in [2.05, 4.69) is 55.5 Å². The summed E-state index contributed by atoms with van der Waals surface area (Å²) < 4.78 is 0. The number of anilines is 1. The van der Waals surface area contributed by atoms with E-state index >= 15 is 0 Å². The third kappa shape index (κ3) is 4.07. The Morgan fingerprint density at radius 1 is 0.783 bits per heavy atom. The molecular formula is C21H20N2. The van der Waals surface area contributed by atoms with Crippen LogP contribution in [0.2, 0.25) is 0 Å². The van der Waals surface area contributed by atoms with Gasteiger partial charge in [0.2, 0.25) is 0 Å². The normalized spacial score (nSPS) is 10.8. The van der Waals surface area contributed by atoms with Crippen molar-refractivity contribution in [3.05, 3.63) is 102 Å². The first-order chi connectivity index (χ1) is 11.3. The van der Waals surface area contributed by atoms with Crippen LogP contribution in [0.5, 0.6) is 0 Å². The summed E-state index contributed by atoms with van der Waals surface area (Å²) in [4.78, 5) is 0. The van der Waals surface area contributed by atoms with Crippen molar-refractivity contribution in [3.63, 3.8) is 0 Å². The number of aryl methyl sites for hydroxylation is 1. The van der Waals surface area contributed by atoms with Gasteiger partial charge in [0.15, 0.2) is 0 Å². The van der Waals surface area contributed by atoms with Crippen molar-refractivity contribution < 1.29 is 0 Å². The molecule has 3 aromatic rings. The second kappa shape index (κ2) is 7.41. The van der Waals surface area contributed by atoms with Crippen molar-refractivity contribution in [2.45, 2.75) is 13.5 Å². The van der Waals surface area contributed by atoms with Gasteiger partial charge in [0.05, 0.1) is 18.4 Å². The van der Waals surface area contributed by atoms with Crippen LogP contribution in [0.25, 0.3) is 0 Å². The Hall–Kier alpha value is -2.87. The van der Waals surface area contributed by atoms with E-state index in [0.717, 1.165) is 17.8 Å². The lowest BCUT2D eigenvalue weighted by atomic mass is 10.1.